The third-order valence-corrected chi connectivity index (χ3v) is 7.87. The molecule has 2 atom stereocenters. The lowest BCUT2D eigenvalue weighted by atomic mass is 9.95. The maximum Gasteiger partial charge on any atom is 0.224 e. The number of nitrogens with zero attached hydrogens (tertiary/aromatic N) is 3. The number of para-hydroxylation sites is 2. The van der Waals surface area contributed by atoms with Crippen molar-refractivity contribution in [2.45, 2.75) is 50.6 Å². The van der Waals surface area contributed by atoms with E-state index in [1.807, 2.05) is 23.1 Å². The molecule has 1 aromatic heterocycles. The highest BCUT2D eigenvalue weighted by Crippen LogP contribution is 2.30. The van der Waals surface area contributed by atoms with Crippen molar-refractivity contribution in [3.8, 4) is 16.9 Å². The molecular formula is C33H40N4O3. The number of benzene rings is 3. The lowest BCUT2D eigenvalue weighted by Crippen LogP contribution is -2.42. The number of methoxy groups -OCH3 is 2. The minimum absolute atomic E-state index is 0.133. The summed E-state index contributed by atoms with van der Waals surface area (Å²) < 4.78 is 12.9. The number of carbonyl (C=O) groups excluding carboxylic acids is 1. The Kier molecular flexibility index (Phi) is 9.14. The molecule has 5 rings (SSSR count). The van der Waals surface area contributed by atoms with E-state index in [1.54, 1.807) is 14.2 Å². The van der Waals surface area contributed by atoms with Crippen LogP contribution in [-0.4, -0.2) is 60.3 Å². The van der Waals surface area contributed by atoms with Crippen LogP contribution in [-0.2, 0) is 22.5 Å². The third kappa shape index (κ3) is 6.54. The van der Waals surface area contributed by atoms with Gasteiger partial charge in [-0.1, -0.05) is 48.5 Å². The Labute approximate surface area is 236 Å². The number of amides is 1. The van der Waals surface area contributed by atoms with Crippen molar-refractivity contribution in [3.63, 3.8) is 0 Å². The van der Waals surface area contributed by atoms with Crippen molar-refractivity contribution in [1.82, 2.24) is 14.5 Å². The van der Waals surface area contributed by atoms with Gasteiger partial charge >= 0.3 is 0 Å². The number of fused-ring (bicyclic) bond motifs is 1. The van der Waals surface area contributed by atoms with Gasteiger partial charge in [-0.2, -0.15) is 0 Å². The second-order valence-corrected chi connectivity index (χ2v) is 10.7. The minimum Gasteiger partial charge on any atom is -0.497 e. The predicted molar refractivity (Wildman–Crippen MR) is 160 cm³/mol. The number of carbonyl (C=O) groups is 1. The highest BCUT2D eigenvalue weighted by atomic mass is 16.5. The molecule has 0 saturated carbocycles. The largest absolute Gasteiger partial charge is 0.497 e. The zero-order valence-corrected chi connectivity index (χ0v) is 23.6. The number of nitrogens with two attached hydrogens (primary N) is 1. The standard InChI is InChI=1S/C33H40N4O3/c1-39-20-6-19-37-31-9-4-3-8-30(31)35-33(37)27-7-5-18-36(23-27)32(38)22-28(34)21-24-10-12-25(13-11-24)26-14-16-29(40-2)17-15-26/h3-4,8-17,27-28H,5-7,18-23,34H2,1-2H3/t27-,28-/m1/s1. The second-order valence-electron chi connectivity index (χ2n) is 10.7. The summed E-state index contributed by atoms with van der Waals surface area (Å²) in [4.78, 5) is 20.3. The molecule has 0 unspecified atom stereocenters. The molecule has 7 heteroatoms. The smallest absolute Gasteiger partial charge is 0.224 e. The van der Waals surface area contributed by atoms with Gasteiger partial charge in [0.05, 0.1) is 18.1 Å². The summed E-state index contributed by atoms with van der Waals surface area (Å²) in [5.41, 5.74) is 12.1. The van der Waals surface area contributed by atoms with Crippen LogP contribution < -0.4 is 10.5 Å². The fourth-order valence-corrected chi connectivity index (χ4v) is 5.77. The first kappa shape index (κ1) is 27.9. The van der Waals surface area contributed by atoms with Crippen molar-refractivity contribution in [1.29, 1.82) is 0 Å². The summed E-state index contributed by atoms with van der Waals surface area (Å²) >= 11 is 0. The first-order valence-corrected chi connectivity index (χ1v) is 14.3. The van der Waals surface area contributed by atoms with Gasteiger partial charge in [0, 0.05) is 51.7 Å². The summed E-state index contributed by atoms with van der Waals surface area (Å²) in [6.45, 7) is 3.04. The molecule has 2 heterocycles. The Morgan fingerprint density at radius 1 is 1.02 bits per heavy atom. The van der Waals surface area contributed by atoms with Gasteiger partial charge in [0.2, 0.25) is 5.91 Å². The van der Waals surface area contributed by atoms with Crippen molar-refractivity contribution in [2.24, 2.45) is 5.73 Å². The molecule has 2 N–H and O–H groups in total. The Hall–Kier alpha value is -3.68. The Morgan fingerprint density at radius 2 is 1.75 bits per heavy atom. The van der Waals surface area contributed by atoms with E-state index in [1.165, 1.54) is 0 Å². The number of likely N-dealkylation sites (tertiary alicyclic amines) is 1. The van der Waals surface area contributed by atoms with E-state index in [9.17, 15) is 4.79 Å². The number of aryl methyl sites for hydroxylation is 1. The number of rotatable bonds is 11. The zero-order chi connectivity index (χ0) is 27.9. The monoisotopic (exact) mass is 540 g/mol. The molecule has 1 fully saturated rings. The highest BCUT2D eigenvalue weighted by Gasteiger charge is 2.29. The predicted octanol–water partition coefficient (Wildman–Crippen LogP) is 5.41. The molecule has 40 heavy (non-hydrogen) atoms. The van der Waals surface area contributed by atoms with E-state index in [4.69, 9.17) is 20.2 Å². The number of hydrogen-bond donors (Lipinski definition) is 1. The van der Waals surface area contributed by atoms with E-state index in [0.29, 0.717) is 26.0 Å². The quantitative estimate of drug-likeness (QED) is 0.257. The molecule has 7 nitrogen and oxygen atoms in total. The fourth-order valence-electron chi connectivity index (χ4n) is 5.77. The van der Waals surface area contributed by atoms with Gasteiger partial charge in [0.1, 0.15) is 11.6 Å². The summed E-state index contributed by atoms with van der Waals surface area (Å²) in [5.74, 6) is 2.27. The fraction of sp³-hybridized carbons (Fsp3) is 0.394. The molecule has 1 aliphatic heterocycles. The van der Waals surface area contributed by atoms with Gasteiger partial charge in [0.25, 0.3) is 0 Å². The minimum atomic E-state index is -0.224. The first-order valence-electron chi connectivity index (χ1n) is 14.3. The number of piperidine rings is 1. The Bertz CT molecular complexity index is 1400. The lowest BCUT2D eigenvalue weighted by Gasteiger charge is -2.33. The van der Waals surface area contributed by atoms with Crippen LogP contribution in [0.1, 0.15) is 43.0 Å². The van der Waals surface area contributed by atoms with Gasteiger partial charge in [0.15, 0.2) is 0 Å². The zero-order valence-electron chi connectivity index (χ0n) is 23.6. The van der Waals surface area contributed by atoms with Gasteiger partial charge < -0.3 is 24.7 Å². The second kappa shape index (κ2) is 13.1. The molecular weight excluding hydrogens is 500 g/mol. The van der Waals surface area contributed by atoms with Crippen molar-refractivity contribution in [2.75, 3.05) is 33.9 Å². The molecule has 1 amide bonds. The average Bonchev–Trinajstić information content (AvgIpc) is 3.36. The van der Waals surface area contributed by atoms with Gasteiger partial charge in [-0.25, -0.2) is 4.98 Å². The number of aromatic nitrogens is 2. The van der Waals surface area contributed by atoms with E-state index in [-0.39, 0.29) is 17.9 Å². The van der Waals surface area contributed by atoms with Crippen LogP contribution in [0.3, 0.4) is 0 Å². The Morgan fingerprint density at radius 3 is 2.48 bits per heavy atom. The molecule has 0 radical (unpaired) electrons. The van der Waals surface area contributed by atoms with Crippen LogP contribution in [0.15, 0.2) is 72.8 Å². The average molecular weight is 541 g/mol. The van der Waals surface area contributed by atoms with Crippen LogP contribution >= 0.6 is 0 Å². The Balaban J connectivity index is 1.20. The lowest BCUT2D eigenvalue weighted by molar-refractivity contribution is -0.132. The van der Waals surface area contributed by atoms with Gasteiger partial charge in [-0.15, -0.1) is 0 Å². The maximum atomic E-state index is 13.3. The maximum absolute atomic E-state index is 13.3. The van der Waals surface area contributed by atoms with E-state index >= 15 is 0 Å². The number of imidazole rings is 1. The van der Waals surface area contributed by atoms with Crippen molar-refractivity contribution in [3.05, 3.63) is 84.2 Å². The SMILES string of the molecule is COCCCn1c([C@@H]2CCCN(C(=O)C[C@H](N)Cc3ccc(-c4ccc(OC)cc4)cc3)C2)nc2ccccc21. The summed E-state index contributed by atoms with van der Waals surface area (Å²) in [6, 6.07) is 24.5. The highest BCUT2D eigenvalue weighted by molar-refractivity contribution is 5.78. The molecule has 3 aromatic carbocycles. The third-order valence-electron chi connectivity index (χ3n) is 7.87. The topological polar surface area (TPSA) is 82.6 Å². The summed E-state index contributed by atoms with van der Waals surface area (Å²) in [6.07, 6.45) is 3.94. The normalized spacial score (nSPS) is 16.3. The van der Waals surface area contributed by atoms with E-state index < -0.39 is 0 Å². The van der Waals surface area contributed by atoms with Crippen LogP contribution in [0.25, 0.3) is 22.2 Å². The molecule has 4 aromatic rings. The number of hydrogen-bond acceptors (Lipinski definition) is 5. The molecule has 0 spiro atoms. The van der Waals surface area contributed by atoms with Gasteiger partial charge in [-0.3, -0.25) is 4.79 Å². The van der Waals surface area contributed by atoms with Gasteiger partial charge in [-0.05, 0) is 66.6 Å². The van der Waals surface area contributed by atoms with Crippen LogP contribution in [0.5, 0.6) is 5.75 Å². The van der Waals surface area contributed by atoms with E-state index in [0.717, 1.165) is 71.6 Å². The molecule has 210 valence electrons. The van der Waals surface area contributed by atoms with E-state index in [2.05, 4.69) is 59.2 Å². The molecule has 1 aliphatic rings. The molecule has 0 aliphatic carbocycles. The molecule has 0 bridgehead atoms. The van der Waals surface area contributed by atoms with Crippen LogP contribution in [0.2, 0.25) is 0 Å². The summed E-state index contributed by atoms with van der Waals surface area (Å²) in [5, 5.41) is 0. The molecule has 1 saturated heterocycles. The van der Waals surface area contributed by atoms with Crippen LogP contribution in [0, 0.1) is 0 Å². The number of ether oxygens (including phenoxy) is 2. The summed E-state index contributed by atoms with van der Waals surface area (Å²) in [7, 11) is 3.41. The first-order chi connectivity index (χ1) is 19.6. The van der Waals surface area contributed by atoms with Crippen molar-refractivity contribution >= 4 is 16.9 Å². The van der Waals surface area contributed by atoms with Crippen molar-refractivity contribution < 1.29 is 14.3 Å². The van der Waals surface area contributed by atoms with Crippen LogP contribution in [0.4, 0.5) is 0 Å².